The fourth-order valence-corrected chi connectivity index (χ4v) is 1.85. The molecule has 1 aromatic heterocycles. The molecule has 2 rings (SSSR count). The van der Waals surface area contributed by atoms with Crippen molar-refractivity contribution in [1.29, 1.82) is 0 Å². The third kappa shape index (κ3) is 3.40. The second kappa shape index (κ2) is 6.40. The smallest absolute Gasteiger partial charge is 0.267 e. The highest BCUT2D eigenvalue weighted by molar-refractivity contribution is 9.07. The molecule has 2 amide bonds. The summed E-state index contributed by atoms with van der Waals surface area (Å²) in [7, 11) is 0. The molecule has 0 spiro atoms. The highest BCUT2D eigenvalue weighted by Gasteiger charge is 2.23. The zero-order valence-electron chi connectivity index (χ0n) is 10.4. The number of hydrazine groups is 1. The van der Waals surface area contributed by atoms with Crippen molar-refractivity contribution in [2.75, 3.05) is 0 Å². The van der Waals surface area contributed by atoms with Gasteiger partial charge in [0.05, 0.1) is 16.1 Å². The van der Waals surface area contributed by atoms with Gasteiger partial charge < -0.3 is 0 Å². The Kier molecular flexibility index (Phi) is 4.59. The number of aromatic nitrogens is 1. The number of nitrogens with one attached hydrogen (secondary N) is 1. The van der Waals surface area contributed by atoms with E-state index in [1.54, 1.807) is 0 Å². The van der Waals surface area contributed by atoms with E-state index in [2.05, 4.69) is 26.6 Å². The van der Waals surface area contributed by atoms with E-state index in [0.717, 1.165) is 18.2 Å². The predicted molar refractivity (Wildman–Crippen MR) is 73.2 cm³/mol. The third-order valence-corrected chi connectivity index (χ3v) is 3.00. The number of hydrogen-bond donors (Lipinski definition) is 1. The van der Waals surface area contributed by atoms with Gasteiger partial charge in [-0.05, 0) is 24.3 Å². The van der Waals surface area contributed by atoms with Crippen molar-refractivity contribution in [1.82, 2.24) is 14.4 Å². The van der Waals surface area contributed by atoms with Crippen molar-refractivity contribution in [3.8, 4) is 0 Å². The average Bonchev–Trinajstić information content (AvgIpc) is 2.47. The summed E-state index contributed by atoms with van der Waals surface area (Å²) >= 11 is 2.75. The standard InChI is InChI=1S/C13H8BrF2N3O2/c14-19(18-12(20)8-4-6-17-7-5-8)13(21)11-9(15)2-1-3-10(11)16/h1-7H,(H,18,20). The maximum Gasteiger partial charge on any atom is 0.288 e. The van der Waals surface area contributed by atoms with Crippen LogP contribution in [-0.4, -0.2) is 20.8 Å². The van der Waals surface area contributed by atoms with Gasteiger partial charge in [-0.3, -0.25) is 20.0 Å². The Hall–Kier alpha value is -2.35. The van der Waals surface area contributed by atoms with Gasteiger partial charge in [0.2, 0.25) is 0 Å². The predicted octanol–water partition coefficient (Wildman–Crippen LogP) is 2.46. The lowest BCUT2D eigenvalue weighted by atomic mass is 10.2. The molecule has 1 aromatic carbocycles. The molecule has 0 radical (unpaired) electrons. The van der Waals surface area contributed by atoms with Crippen LogP contribution in [0.15, 0.2) is 42.7 Å². The van der Waals surface area contributed by atoms with Crippen LogP contribution in [0.5, 0.6) is 0 Å². The van der Waals surface area contributed by atoms with Gasteiger partial charge in [-0.1, -0.05) is 6.07 Å². The van der Waals surface area contributed by atoms with Gasteiger partial charge >= 0.3 is 0 Å². The zero-order valence-corrected chi connectivity index (χ0v) is 12.0. The molecule has 5 nitrogen and oxygen atoms in total. The van der Waals surface area contributed by atoms with E-state index in [0.29, 0.717) is 4.03 Å². The van der Waals surface area contributed by atoms with E-state index < -0.39 is 29.0 Å². The highest BCUT2D eigenvalue weighted by Crippen LogP contribution is 2.15. The van der Waals surface area contributed by atoms with Crippen LogP contribution in [-0.2, 0) is 0 Å². The van der Waals surface area contributed by atoms with Gasteiger partial charge in [-0.25, -0.2) is 8.78 Å². The molecule has 0 aliphatic heterocycles. The summed E-state index contributed by atoms with van der Waals surface area (Å²) in [6, 6.07) is 5.87. The Morgan fingerprint density at radius 3 is 2.24 bits per heavy atom. The molecule has 8 heteroatoms. The Bertz CT molecular complexity index is 662. The van der Waals surface area contributed by atoms with Crippen LogP contribution in [0.1, 0.15) is 20.7 Å². The lowest BCUT2D eigenvalue weighted by Crippen LogP contribution is -2.40. The summed E-state index contributed by atoms with van der Waals surface area (Å²) in [6.07, 6.45) is 2.79. The topological polar surface area (TPSA) is 62.3 Å². The van der Waals surface area contributed by atoms with Crippen LogP contribution < -0.4 is 5.43 Å². The number of nitrogens with zero attached hydrogens (tertiary/aromatic N) is 2. The van der Waals surface area contributed by atoms with Crippen LogP contribution in [0.2, 0.25) is 0 Å². The van der Waals surface area contributed by atoms with Crippen molar-refractivity contribution in [3.63, 3.8) is 0 Å². The molecular formula is C13H8BrF2N3O2. The molecule has 0 fully saturated rings. The number of pyridine rings is 1. The molecule has 0 bridgehead atoms. The minimum absolute atomic E-state index is 0.233. The van der Waals surface area contributed by atoms with Crippen molar-refractivity contribution < 1.29 is 18.4 Å². The maximum absolute atomic E-state index is 13.5. The fraction of sp³-hybridized carbons (Fsp3) is 0. The van der Waals surface area contributed by atoms with E-state index in [-0.39, 0.29) is 5.56 Å². The number of hydrogen-bond acceptors (Lipinski definition) is 3. The number of rotatable bonds is 2. The van der Waals surface area contributed by atoms with Crippen molar-refractivity contribution in [3.05, 3.63) is 65.5 Å². The molecule has 0 atom stereocenters. The quantitative estimate of drug-likeness (QED) is 0.664. The van der Waals surface area contributed by atoms with E-state index in [4.69, 9.17) is 0 Å². The minimum Gasteiger partial charge on any atom is -0.267 e. The van der Waals surface area contributed by atoms with Crippen molar-refractivity contribution in [2.24, 2.45) is 0 Å². The van der Waals surface area contributed by atoms with Crippen molar-refractivity contribution in [2.45, 2.75) is 0 Å². The fourth-order valence-electron chi connectivity index (χ4n) is 1.51. The van der Waals surface area contributed by atoms with Crippen LogP contribution in [0.4, 0.5) is 8.78 Å². The molecular weight excluding hydrogens is 348 g/mol. The summed E-state index contributed by atoms with van der Waals surface area (Å²) < 4.78 is 27.5. The minimum atomic E-state index is -1.08. The monoisotopic (exact) mass is 355 g/mol. The van der Waals surface area contributed by atoms with Crippen LogP contribution >= 0.6 is 16.1 Å². The first-order valence-corrected chi connectivity index (χ1v) is 6.37. The second-order valence-electron chi connectivity index (χ2n) is 3.86. The Labute approximate surface area is 126 Å². The van der Waals surface area contributed by atoms with E-state index in [9.17, 15) is 18.4 Å². The van der Waals surface area contributed by atoms with Gasteiger partial charge in [0.15, 0.2) is 0 Å². The molecule has 0 saturated heterocycles. The Balaban J connectivity index is 2.15. The average molecular weight is 356 g/mol. The Morgan fingerprint density at radius 1 is 1.10 bits per heavy atom. The molecule has 2 aromatic rings. The number of carbonyl (C=O) groups excluding carboxylic acids is 2. The first-order chi connectivity index (χ1) is 10.0. The first-order valence-electron chi connectivity index (χ1n) is 5.66. The first kappa shape index (κ1) is 15.0. The summed E-state index contributed by atoms with van der Waals surface area (Å²) in [4.78, 5) is 27.5. The van der Waals surface area contributed by atoms with Gasteiger partial charge in [-0.15, -0.1) is 0 Å². The molecule has 1 N–H and O–H groups in total. The van der Waals surface area contributed by atoms with Crippen LogP contribution in [0.25, 0.3) is 0 Å². The van der Waals surface area contributed by atoms with Gasteiger partial charge in [0.1, 0.15) is 17.2 Å². The second-order valence-corrected chi connectivity index (χ2v) is 4.57. The summed E-state index contributed by atoms with van der Waals surface area (Å²) in [5.74, 6) is -3.77. The molecule has 1 heterocycles. The van der Waals surface area contributed by atoms with Crippen LogP contribution in [0.3, 0.4) is 0 Å². The van der Waals surface area contributed by atoms with E-state index in [1.165, 1.54) is 24.5 Å². The number of halogens is 3. The normalized spacial score (nSPS) is 10.0. The van der Waals surface area contributed by atoms with Crippen molar-refractivity contribution >= 4 is 28.0 Å². The lowest BCUT2D eigenvalue weighted by molar-refractivity contribution is 0.0742. The molecule has 0 saturated carbocycles. The number of amides is 2. The zero-order chi connectivity index (χ0) is 15.4. The summed E-state index contributed by atoms with van der Waals surface area (Å²) in [5.41, 5.74) is 1.61. The maximum atomic E-state index is 13.5. The highest BCUT2D eigenvalue weighted by atomic mass is 79.9. The van der Waals surface area contributed by atoms with Gasteiger partial charge in [-0.2, -0.15) is 4.03 Å². The molecule has 108 valence electrons. The molecule has 0 aliphatic carbocycles. The van der Waals surface area contributed by atoms with Gasteiger partial charge in [0, 0.05) is 18.0 Å². The third-order valence-electron chi connectivity index (χ3n) is 2.50. The molecule has 0 unspecified atom stereocenters. The van der Waals surface area contributed by atoms with Gasteiger partial charge in [0.25, 0.3) is 11.8 Å². The summed E-state index contributed by atoms with van der Waals surface area (Å²) in [6.45, 7) is 0. The molecule has 0 aliphatic rings. The van der Waals surface area contributed by atoms with E-state index >= 15 is 0 Å². The SMILES string of the molecule is O=C(NN(Br)C(=O)c1c(F)cccc1F)c1ccncc1. The largest absolute Gasteiger partial charge is 0.288 e. The lowest BCUT2D eigenvalue weighted by Gasteiger charge is -2.16. The number of carbonyl (C=O) groups is 2. The molecule has 21 heavy (non-hydrogen) atoms. The number of benzene rings is 1. The summed E-state index contributed by atoms with van der Waals surface area (Å²) in [5, 5.41) is 0. The Morgan fingerprint density at radius 2 is 1.67 bits per heavy atom. The van der Waals surface area contributed by atoms with Crippen LogP contribution in [0, 0.1) is 11.6 Å². The van der Waals surface area contributed by atoms with E-state index in [1.807, 2.05) is 0 Å².